The zero-order valence-electron chi connectivity index (χ0n) is 7.93. The van der Waals surface area contributed by atoms with E-state index in [9.17, 15) is 0 Å². The van der Waals surface area contributed by atoms with E-state index in [2.05, 4.69) is 17.2 Å². The number of halogens is 2. The molecule has 0 aromatic carbocycles. The van der Waals surface area contributed by atoms with Gasteiger partial charge in [0.2, 0.25) is 0 Å². The van der Waals surface area contributed by atoms with Gasteiger partial charge in [0, 0.05) is 18.3 Å². The summed E-state index contributed by atoms with van der Waals surface area (Å²) in [5.41, 5.74) is 1.09. The number of hydrogen-bond donors (Lipinski definition) is 1. The van der Waals surface area contributed by atoms with Crippen molar-refractivity contribution in [3.63, 3.8) is 0 Å². The van der Waals surface area contributed by atoms with E-state index in [0.717, 1.165) is 5.56 Å². The number of hydrogen-bond acceptors (Lipinski definition) is 2. The lowest BCUT2D eigenvalue weighted by Crippen LogP contribution is -2.20. The van der Waals surface area contributed by atoms with Crippen molar-refractivity contribution in [2.45, 2.75) is 31.8 Å². The molecule has 0 spiro atoms. The highest BCUT2D eigenvalue weighted by Crippen LogP contribution is 2.26. The Kier molecular flexibility index (Phi) is 2.96. The van der Waals surface area contributed by atoms with Crippen molar-refractivity contribution in [1.29, 1.82) is 0 Å². The maximum atomic E-state index is 5.89. The van der Waals surface area contributed by atoms with Crippen molar-refractivity contribution in [2.75, 3.05) is 0 Å². The number of pyridine rings is 1. The van der Waals surface area contributed by atoms with Crippen LogP contribution >= 0.6 is 23.2 Å². The molecule has 1 aliphatic rings. The van der Waals surface area contributed by atoms with Crippen LogP contribution in [0.25, 0.3) is 0 Å². The minimum absolute atomic E-state index is 0.296. The monoisotopic (exact) mass is 230 g/mol. The van der Waals surface area contributed by atoms with Crippen molar-refractivity contribution in [2.24, 2.45) is 0 Å². The Morgan fingerprint density at radius 2 is 2.21 bits per heavy atom. The highest BCUT2D eigenvalue weighted by Gasteiger charge is 2.23. The fourth-order valence-corrected chi connectivity index (χ4v) is 1.65. The summed E-state index contributed by atoms with van der Waals surface area (Å²) in [7, 11) is 0. The van der Waals surface area contributed by atoms with E-state index in [1.807, 2.05) is 6.07 Å². The summed E-state index contributed by atoms with van der Waals surface area (Å²) in [6, 6.07) is 2.85. The topological polar surface area (TPSA) is 24.9 Å². The molecule has 76 valence electrons. The van der Waals surface area contributed by atoms with E-state index in [1.54, 1.807) is 6.20 Å². The van der Waals surface area contributed by atoms with Gasteiger partial charge in [-0.1, -0.05) is 23.2 Å². The Balaban J connectivity index is 2.10. The normalized spacial score (nSPS) is 18.2. The molecule has 1 aromatic heterocycles. The first kappa shape index (κ1) is 10.2. The first-order valence-corrected chi connectivity index (χ1v) is 5.49. The molecule has 0 amide bonds. The van der Waals surface area contributed by atoms with Gasteiger partial charge in [0.1, 0.15) is 5.15 Å². The maximum absolute atomic E-state index is 5.89. The van der Waals surface area contributed by atoms with Crippen LogP contribution in [0.5, 0.6) is 0 Å². The fourth-order valence-electron chi connectivity index (χ4n) is 1.37. The van der Waals surface area contributed by atoms with Crippen molar-refractivity contribution >= 4 is 23.2 Å². The third kappa shape index (κ3) is 2.38. The Bertz CT molecular complexity index is 337. The number of aromatic nitrogens is 1. The molecule has 1 fully saturated rings. The lowest BCUT2D eigenvalue weighted by Gasteiger charge is -2.13. The molecule has 2 nitrogen and oxygen atoms in total. The summed E-state index contributed by atoms with van der Waals surface area (Å²) < 4.78 is 0. The standard InChI is InChI=1S/C10H12Cl2N2/c1-6(14-8-2-3-8)7-4-9(11)10(12)13-5-7/h4-6,8,14H,2-3H2,1H3/t6-/m1/s1. The molecule has 0 radical (unpaired) electrons. The van der Waals surface area contributed by atoms with Crippen LogP contribution in [-0.2, 0) is 0 Å². The Morgan fingerprint density at radius 1 is 1.50 bits per heavy atom. The average Bonchev–Trinajstić information content (AvgIpc) is 2.93. The SMILES string of the molecule is C[C@@H](NC1CC1)c1cnc(Cl)c(Cl)c1. The van der Waals surface area contributed by atoms with Crippen molar-refractivity contribution in [3.05, 3.63) is 28.0 Å². The number of nitrogens with one attached hydrogen (secondary N) is 1. The van der Waals surface area contributed by atoms with Crippen LogP contribution in [0.4, 0.5) is 0 Å². The molecule has 14 heavy (non-hydrogen) atoms. The second kappa shape index (κ2) is 4.05. The molecule has 1 aliphatic carbocycles. The van der Waals surface area contributed by atoms with E-state index in [1.165, 1.54) is 12.8 Å². The Hall–Kier alpha value is -0.310. The molecular formula is C10H12Cl2N2. The van der Waals surface area contributed by atoms with Crippen molar-refractivity contribution in [3.8, 4) is 0 Å². The summed E-state index contributed by atoms with van der Waals surface area (Å²) in [5.74, 6) is 0. The molecule has 1 aromatic rings. The summed E-state index contributed by atoms with van der Waals surface area (Å²) in [6.45, 7) is 2.11. The molecule has 2 rings (SSSR count). The zero-order valence-corrected chi connectivity index (χ0v) is 9.44. The summed E-state index contributed by atoms with van der Waals surface area (Å²) in [6.07, 6.45) is 4.33. The number of nitrogens with zero attached hydrogens (tertiary/aromatic N) is 1. The third-order valence-electron chi connectivity index (χ3n) is 2.38. The van der Waals surface area contributed by atoms with E-state index in [-0.39, 0.29) is 0 Å². The quantitative estimate of drug-likeness (QED) is 0.808. The van der Waals surface area contributed by atoms with Gasteiger partial charge >= 0.3 is 0 Å². The van der Waals surface area contributed by atoms with Gasteiger partial charge in [-0.25, -0.2) is 4.98 Å². The van der Waals surface area contributed by atoms with E-state index in [0.29, 0.717) is 22.3 Å². The van der Waals surface area contributed by atoms with Crippen LogP contribution in [-0.4, -0.2) is 11.0 Å². The largest absolute Gasteiger partial charge is 0.307 e. The second-order valence-electron chi connectivity index (χ2n) is 3.70. The summed E-state index contributed by atoms with van der Waals surface area (Å²) >= 11 is 11.6. The molecule has 0 saturated heterocycles. The molecule has 1 heterocycles. The lowest BCUT2D eigenvalue weighted by molar-refractivity contribution is 0.569. The minimum atomic E-state index is 0.296. The summed E-state index contributed by atoms with van der Waals surface area (Å²) in [4.78, 5) is 4.02. The molecular weight excluding hydrogens is 219 g/mol. The van der Waals surface area contributed by atoms with Crippen LogP contribution in [0, 0.1) is 0 Å². The molecule has 4 heteroatoms. The van der Waals surface area contributed by atoms with Crippen molar-refractivity contribution < 1.29 is 0 Å². The zero-order chi connectivity index (χ0) is 10.1. The predicted molar refractivity (Wildman–Crippen MR) is 58.8 cm³/mol. The minimum Gasteiger partial charge on any atom is -0.307 e. The van der Waals surface area contributed by atoms with Gasteiger partial charge in [-0.3, -0.25) is 0 Å². The van der Waals surface area contributed by atoms with E-state index < -0.39 is 0 Å². The second-order valence-corrected chi connectivity index (χ2v) is 4.47. The highest BCUT2D eigenvalue weighted by molar-refractivity contribution is 6.41. The Morgan fingerprint density at radius 3 is 2.79 bits per heavy atom. The predicted octanol–water partition coefficient (Wildman–Crippen LogP) is 3.20. The van der Waals surface area contributed by atoms with Crippen molar-refractivity contribution in [1.82, 2.24) is 10.3 Å². The lowest BCUT2D eigenvalue weighted by atomic mass is 10.1. The molecule has 1 atom stereocenters. The van der Waals surface area contributed by atoms with Crippen LogP contribution < -0.4 is 5.32 Å². The van der Waals surface area contributed by atoms with Crippen LogP contribution in [0.1, 0.15) is 31.4 Å². The van der Waals surface area contributed by atoms with Gasteiger partial charge in [-0.15, -0.1) is 0 Å². The van der Waals surface area contributed by atoms with Gasteiger partial charge < -0.3 is 5.32 Å². The Labute approximate surface area is 93.6 Å². The molecule has 0 unspecified atom stereocenters. The van der Waals surface area contributed by atoms with Crippen LogP contribution in [0.3, 0.4) is 0 Å². The van der Waals surface area contributed by atoms with Gasteiger partial charge in [0.15, 0.2) is 0 Å². The fraction of sp³-hybridized carbons (Fsp3) is 0.500. The number of rotatable bonds is 3. The molecule has 1 saturated carbocycles. The van der Waals surface area contributed by atoms with Crippen LogP contribution in [0.15, 0.2) is 12.3 Å². The molecule has 1 N–H and O–H groups in total. The molecule has 0 aliphatic heterocycles. The first-order valence-electron chi connectivity index (χ1n) is 4.74. The van der Waals surface area contributed by atoms with Gasteiger partial charge in [0.25, 0.3) is 0 Å². The average molecular weight is 231 g/mol. The summed E-state index contributed by atoms with van der Waals surface area (Å²) in [5, 5.41) is 4.37. The molecule has 0 bridgehead atoms. The highest BCUT2D eigenvalue weighted by atomic mass is 35.5. The van der Waals surface area contributed by atoms with E-state index >= 15 is 0 Å². The first-order chi connectivity index (χ1) is 6.66. The van der Waals surface area contributed by atoms with Gasteiger partial charge in [-0.2, -0.15) is 0 Å². The van der Waals surface area contributed by atoms with Crippen LogP contribution in [0.2, 0.25) is 10.2 Å². The van der Waals surface area contributed by atoms with E-state index in [4.69, 9.17) is 23.2 Å². The van der Waals surface area contributed by atoms with Gasteiger partial charge in [-0.05, 0) is 31.4 Å². The third-order valence-corrected chi connectivity index (χ3v) is 3.07. The maximum Gasteiger partial charge on any atom is 0.147 e. The van der Waals surface area contributed by atoms with Gasteiger partial charge in [0.05, 0.1) is 5.02 Å². The smallest absolute Gasteiger partial charge is 0.147 e.